The van der Waals surface area contributed by atoms with Crippen LogP contribution in [0.25, 0.3) is 0 Å². The Morgan fingerprint density at radius 1 is 1.55 bits per heavy atom. The molecule has 0 fully saturated rings. The van der Waals surface area contributed by atoms with Gasteiger partial charge in [0, 0.05) is 25.1 Å². The van der Waals surface area contributed by atoms with Gasteiger partial charge < -0.3 is 4.74 Å². The smallest absolute Gasteiger partial charge is 0.204 e. The van der Waals surface area contributed by atoms with Gasteiger partial charge in [0.1, 0.15) is 0 Å². The average molecular weight is 161 g/mol. The van der Waals surface area contributed by atoms with E-state index in [0.29, 0.717) is 18.9 Å². The summed E-state index contributed by atoms with van der Waals surface area (Å²) in [5.41, 5.74) is 0. The van der Waals surface area contributed by atoms with Crippen molar-refractivity contribution in [3.8, 4) is 0 Å². The van der Waals surface area contributed by atoms with Crippen molar-refractivity contribution in [2.45, 2.75) is 19.8 Å². The maximum atomic E-state index is 9.95. The molecule has 0 amide bonds. The molecule has 4 nitrogen and oxygen atoms in total. The van der Waals surface area contributed by atoms with Crippen LogP contribution in [0, 0.1) is 16.0 Å². The Bertz CT molecular complexity index is 116. The van der Waals surface area contributed by atoms with Crippen molar-refractivity contribution < 1.29 is 9.66 Å². The minimum atomic E-state index is -0.275. The SMILES string of the molecule is COCC[C@H](C)CC[N+](=O)[O-]. The van der Waals surface area contributed by atoms with Crippen molar-refractivity contribution in [2.75, 3.05) is 20.3 Å². The molecular formula is C7H15NO3. The number of nitro groups is 1. The first kappa shape index (κ1) is 10.4. The van der Waals surface area contributed by atoms with Crippen LogP contribution in [0.3, 0.4) is 0 Å². The molecule has 0 aromatic rings. The Balaban J connectivity index is 3.22. The highest BCUT2D eigenvalue weighted by atomic mass is 16.6. The van der Waals surface area contributed by atoms with E-state index in [2.05, 4.69) is 0 Å². The lowest BCUT2D eigenvalue weighted by molar-refractivity contribution is -0.481. The Hall–Kier alpha value is -0.640. The molecule has 0 aromatic heterocycles. The third-order valence-electron chi connectivity index (χ3n) is 1.62. The van der Waals surface area contributed by atoms with E-state index >= 15 is 0 Å². The van der Waals surface area contributed by atoms with Crippen LogP contribution in [0.4, 0.5) is 0 Å². The molecule has 4 heteroatoms. The molecule has 0 saturated carbocycles. The molecule has 0 bridgehead atoms. The molecule has 0 heterocycles. The number of hydrogen-bond acceptors (Lipinski definition) is 3. The predicted molar refractivity (Wildman–Crippen MR) is 42.1 cm³/mol. The molecule has 0 spiro atoms. The molecular weight excluding hydrogens is 146 g/mol. The first-order valence-electron chi connectivity index (χ1n) is 3.77. The lowest BCUT2D eigenvalue weighted by Gasteiger charge is -2.06. The maximum absolute atomic E-state index is 9.95. The van der Waals surface area contributed by atoms with E-state index in [1.54, 1.807) is 7.11 Å². The number of ether oxygens (including phenoxy) is 1. The van der Waals surface area contributed by atoms with Crippen molar-refractivity contribution in [3.05, 3.63) is 10.1 Å². The van der Waals surface area contributed by atoms with Gasteiger partial charge in [-0.25, -0.2) is 0 Å². The molecule has 0 unspecified atom stereocenters. The third kappa shape index (κ3) is 7.25. The second kappa shape index (κ2) is 6.09. The van der Waals surface area contributed by atoms with Gasteiger partial charge in [0.25, 0.3) is 0 Å². The van der Waals surface area contributed by atoms with Gasteiger partial charge in [-0.2, -0.15) is 0 Å². The Morgan fingerprint density at radius 3 is 2.64 bits per heavy atom. The second-order valence-electron chi connectivity index (χ2n) is 2.73. The third-order valence-corrected chi connectivity index (χ3v) is 1.62. The normalized spacial score (nSPS) is 12.9. The van der Waals surface area contributed by atoms with Gasteiger partial charge >= 0.3 is 0 Å². The summed E-state index contributed by atoms with van der Waals surface area (Å²) in [6.07, 6.45) is 1.56. The fourth-order valence-corrected chi connectivity index (χ4v) is 0.789. The van der Waals surface area contributed by atoms with Crippen molar-refractivity contribution in [1.29, 1.82) is 0 Å². The van der Waals surface area contributed by atoms with Crippen LogP contribution in [0.2, 0.25) is 0 Å². The molecule has 0 aliphatic carbocycles. The van der Waals surface area contributed by atoms with Crippen molar-refractivity contribution in [1.82, 2.24) is 0 Å². The molecule has 0 aliphatic rings. The van der Waals surface area contributed by atoms with Crippen LogP contribution in [-0.4, -0.2) is 25.2 Å². The van der Waals surface area contributed by atoms with E-state index in [-0.39, 0.29) is 11.5 Å². The van der Waals surface area contributed by atoms with Gasteiger partial charge in [-0.3, -0.25) is 10.1 Å². The first-order valence-corrected chi connectivity index (χ1v) is 3.77. The Labute approximate surface area is 66.7 Å². The highest BCUT2D eigenvalue weighted by molar-refractivity contribution is 4.50. The van der Waals surface area contributed by atoms with E-state index in [1.807, 2.05) is 6.92 Å². The van der Waals surface area contributed by atoms with E-state index in [1.165, 1.54) is 0 Å². The number of rotatable bonds is 6. The summed E-state index contributed by atoms with van der Waals surface area (Å²) in [7, 11) is 1.64. The number of hydrogen-bond donors (Lipinski definition) is 0. The lowest BCUT2D eigenvalue weighted by atomic mass is 10.1. The zero-order valence-corrected chi connectivity index (χ0v) is 7.08. The van der Waals surface area contributed by atoms with Crippen molar-refractivity contribution >= 4 is 0 Å². The molecule has 0 saturated heterocycles. The Kier molecular flexibility index (Phi) is 5.74. The lowest BCUT2D eigenvalue weighted by Crippen LogP contribution is -2.08. The van der Waals surface area contributed by atoms with E-state index in [9.17, 15) is 10.1 Å². The summed E-state index contributed by atoms with van der Waals surface area (Å²) < 4.78 is 4.85. The largest absolute Gasteiger partial charge is 0.385 e. The predicted octanol–water partition coefficient (Wildman–Crippen LogP) is 1.33. The summed E-state index contributed by atoms with van der Waals surface area (Å²) in [5, 5.41) is 9.95. The molecule has 0 N–H and O–H groups in total. The minimum Gasteiger partial charge on any atom is -0.385 e. The van der Waals surface area contributed by atoms with Crippen molar-refractivity contribution in [3.63, 3.8) is 0 Å². The summed E-state index contributed by atoms with van der Waals surface area (Å²) in [6.45, 7) is 2.77. The van der Waals surface area contributed by atoms with Gasteiger partial charge in [0.2, 0.25) is 6.54 Å². The van der Waals surface area contributed by atoms with Gasteiger partial charge in [0.15, 0.2) is 0 Å². The fraction of sp³-hybridized carbons (Fsp3) is 1.00. The standard InChI is InChI=1S/C7H15NO3/c1-7(4-6-11-2)3-5-8(9)10/h7H,3-6H2,1-2H3/t7-/m1/s1. The molecule has 0 rings (SSSR count). The maximum Gasteiger partial charge on any atom is 0.204 e. The van der Waals surface area contributed by atoms with Crippen LogP contribution in [0.5, 0.6) is 0 Å². The summed E-state index contributed by atoms with van der Waals surface area (Å²) in [4.78, 5) is 9.68. The van der Waals surface area contributed by atoms with Crippen LogP contribution in [-0.2, 0) is 4.74 Å². The molecule has 0 aliphatic heterocycles. The molecule has 0 aromatic carbocycles. The van der Waals surface area contributed by atoms with E-state index in [0.717, 1.165) is 6.42 Å². The first-order chi connectivity index (χ1) is 5.16. The average Bonchev–Trinajstić information content (AvgIpc) is 1.97. The van der Waals surface area contributed by atoms with Gasteiger partial charge in [-0.15, -0.1) is 0 Å². The van der Waals surface area contributed by atoms with E-state index in [4.69, 9.17) is 4.74 Å². The van der Waals surface area contributed by atoms with Gasteiger partial charge in [-0.05, 0) is 12.3 Å². The highest BCUT2D eigenvalue weighted by Crippen LogP contribution is 2.06. The molecule has 1 atom stereocenters. The Morgan fingerprint density at radius 2 is 2.18 bits per heavy atom. The molecule has 0 radical (unpaired) electrons. The number of nitrogens with zero attached hydrogens (tertiary/aromatic N) is 1. The quantitative estimate of drug-likeness (QED) is 0.436. The molecule has 11 heavy (non-hydrogen) atoms. The second-order valence-corrected chi connectivity index (χ2v) is 2.73. The van der Waals surface area contributed by atoms with Gasteiger partial charge in [0.05, 0.1) is 0 Å². The summed E-state index contributed by atoms with van der Waals surface area (Å²) >= 11 is 0. The summed E-state index contributed by atoms with van der Waals surface area (Å²) in [5.74, 6) is 0.389. The zero-order valence-electron chi connectivity index (χ0n) is 7.08. The minimum absolute atomic E-state index is 0.0743. The highest BCUT2D eigenvalue weighted by Gasteiger charge is 2.05. The molecule has 66 valence electrons. The topological polar surface area (TPSA) is 52.4 Å². The van der Waals surface area contributed by atoms with Crippen LogP contribution in [0.15, 0.2) is 0 Å². The summed E-state index contributed by atoms with van der Waals surface area (Å²) in [6, 6.07) is 0. The zero-order chi connectivity index (χ0) is 8.69. The van der Waals surface area contributed by atoms with Crippen LogP contribution in [0.1, 0.15) is 19.8 Å². The van der Waals surface area contributed by atoms with E-state index < -0.39 is 0 Å². The monoisotopic (exact) mass is 161 g/mol. The van der Waals surface area contributed by atoms with Crippen molar-refractivity contribution in [2.24, 2.45) is 5.92 Å². The van der Waals surface area contributed by atoms with Crippen LogP contribution >= 0.6 is 0 Å². The van der Waals surface area contributed by atoms with Gasteiger partial charge in [-0.1, -0.05) is 6.92 Å². The van der Waals surface area contributed by atoms with Crippen LogP contribution < -0.4 is 0 Å². The number of methoxy groups -OCH3 is 1. The fourth-order valence-electron chi connectivity index (χ4n) is 0.789.